The van der Waals surface area contributed by atoms with Crippen molar-refractivity contribution in [3.63, 3.8) is 0 Å². The van der Waals surface area contributed by atoms with E-state index in [1.54, 1.807) is 0 Å². The maximum atomic E-state index is 10.1. The molecule has 6 nitrogen and oxygen atoms in total. The number of aldehydes is 2. The average molecular weight is 270 g/mol. The van der Waals surface area contributed by atoms with Crippen LogP contribution >= 0.6 is 0 Å². The molecule has 0 saturated carbocycles. The van der Waals surface area contributed by atoms with E-state index in [0.29, 0.717) is 19.3 Å². The van der Waals surface area contributed by atoms with Crippen LogP contribution in [0.3, 0.4) is 0 Å². The van der Waals surface area contributed by atoms with Crippen molar-refractivity contribution in [2.24, 2.45) is 0 Å². The van der Waals surface area contributed by atoms with Crippen molar-refractivity contribution in [3.05, 3.63) is 0 Å². The third-order valence-corrected chi connectivity index (χ3v) is 3.04. The fraction of sp³-hybridized carbons (Fsp3) is 0.714. The number of rotatable bonds is 6. The van der Waals surface area contributed by atoms with E-state index in [-0.39, 0.29) is 0 Å². The van der Waals surface area contributed by atoms with Crippen LogP contribution in [0, 0.1) is 0 Å². The summed E-state index contributed by atoms with van der Waals surface area (Å²) in [7, 11) is 2.26. The predicted molar refractivity (Wildman–Crippen MR) is 48.7 cm³/mol. The van der Waals surface area contributed by atoms with E-state index < -0.39 is 14.5 Å². The molecule has 0 aliphatic heterocycles. The minimum Gasteiger partial charge on any atom is -0.303 e. The average Bonchev–Trinajstić information content (AvgIpc) is 2.20. The molecule has 14 heavy (non-hydrogen) atoms. The van der Waals surface area contributed by atoms with Gasteiger partial charge in [-0.15, -0.1) is 0 Å². The fourth-order valence-corrected chi connectivity index (χ4v) is 0.672. The number of carbonyl (C=O) groups is 2. The molecule has 0 rings (SSSR count). The minimum atomic E-state index is -4.19. The summed E-state index contributed by atoms with van der Waals surface area (Å²) < 4.78 is 26.5. The Morgan fingerprint density at radius 3 is 1.64 bits per heavy atom. The topological polar surface area (TPSA) is 89.9 Å². The van der Waals surface area contributed by atoms with Crippen LogP contribution in [-0.4, -0.2) is 45.4 Å². The minimum absolute atomic E-state index is 0.513. The molecule has 0 aliphatic carbocycles. The van der Waals surface area contributed by atoms with Gasteiger partial charge in [-0.05, 0) is 6.42 Å². The Hall–Kier alpha value is -0.422. The van der Waals surface area contributed by atoms with Crippen LogP contribution < -0.4 is 0 Å². The summed E-state index contributed by atoms with van der Waals surface area (Å²) in [4.78, 5) is 19.1. The number of carbonyl (C=O) groups excluding carboxylic acids is 2. The van der Waals surface area contributed by atoms with Gasteiger partial charge < -0.3 is 9.59 Å². The quantitative estimate of drug-likeness (QED) is 0.404. The largest absolute Gasteiger partial charge is 0.303 e. The molecule has 0 saturated heterocycles. The molecule has 84 valence electrons. The van der Waals surface area contributed by atoms with E-state index in [1.807, 2.05) is 0 Å². The Balaban J connectivity index is 0. The van der Waals surface area contributed by atoms with E-state index in [2.05, 4.69) is 7.45 Å². The fourth-order valence-electron chi connectivity index (χ4n) is 0.359. The molecular formula is C7H15AsO6. The second-order valence-corrected chi connectivity index (χ2v) is 5.60. The first kappa shape index (κ1) is 16.0. The molecule has 0 heterocycles. The van der Waals surface area contributed by atoms with Crippen molar-refractivity contribution in [1.29, 1.82) is 0 Å². The van der Waals surface area contributed by atoms with Crippen molar-refractivity contribution >= 4 is 27.1 Å². The molecule has 0 atom stereocenters. The third kappa shape index (κ3) is 14.1. The van der Waals surface area contributed by atoms with Gasteiger partial charge in [0.2, 0.25) is 0 Å². The van der Waals surface area contributed by atoms with Gasteiger partial charge in [-0.2, -0.15) is 0 Å². The summed E-state index contributed by atoms with van der Waals surface area (Å²) in [5.41, 5.74) is 0. The number of hydrogen-bond acceptors (Lipinski definition) is 5. The zero-order chi connectivity index (χ0) is 11.4. The molecule has 7 heteroatoms. The van der Waals surface area contributed by atoms with Gasteiger partial charge in [0, 0.05) is 12.8 Å². The van der Waals surface area contributed by atoms with Gasteiger partial charge in [-0.3, -0.25) is 0 Å². The van der Waals surface area contributed by atoms with E-state index in [9.17, 15) is 13.3 Å². The molecule has 0 spiro atoms. The molecule has 0 aromatic heterocycles. The van der Waals surface area contributed by atoms with Gasteiger partial charge >= 0.3 is 44.0 Å². The summed E-state index contributed by atoms with van der Waals surface area (Å²) in [6.07, 6.45) is 3.37. The predicted octanol–water partition coefficient (Wildman–Crippen LogP) is -0.308. The normalized spacial score (nSPS) is 9.93. The van der Waals surface area contributed by atoms with Crippen LogP contribution in [0.1, 0.15) is 19.3 Å². The molecule has 0 fully saturated rings. The zero-order valence-electron chi connectivity index (χ0n) is 8.21. The van der Waals surface area contributed by atoms with Crippen molar-refractivity contribution < 1.29 is 24.9 Å². The summed E-state index contributed by atoms with van der Waals surface area (Å²) in [5, 5.41) is 0. The van der Waals surface area contributed by atoms with E-state index in [1.165, 1.54) is 0 Å². The van der Waals surface area contributed by atoms with E-state index in [4.69, 9.17) is 4.10 Å². The van der Waals surface area contributed by atoms with Crippen molar-refractivity contribution in [2.45, 2.75) is 19.3 Å². The molecule has 0 unspecified atom stereocenters. The van der Waals surface area contributed by atoms with Crippen LogP contribution in [-0.2, 0) is 20.8 Å². The van der Waals surface area contributed by atoms with Gasteiger partial charge in [-0.25, -0.2) is 0 Å². The van der Waals surface area contributed by atoms with Crippen LogP contribution in [0.15, 0.2) is 0 Å². The van der Waals surface area contributed by atoms with Crippen LogP contribution in [0.5, 0.6) is 0 Å². The molecular weight excluding hydrogens is 255 g/mol. The molecule has 0 aromatic rings. The Bertz CT molecular complexity index is 177. The maximum absolute atomic E-state index is 10.1. The SMILES string of the molecule is CO[As](=O)(O)OC.O=CCCCC=O. The van der Waals surface area contributed by atoms with Crippen molar-refractivity contribution in [2.75, 3.05) is 14.2 Å². The molecule has 0 aromatic carbocycles. The molecule has 0 bridgehead atoms. The Labute approximate surface area is 85.9 Å². The Morgan fingerprint density at radius 1 is 1.14 bits per heavy atom. The molecule has 0 aliphatic rings. The van der Waals surface area contributed by atoms with E-state index >= 15 is 0 Å². The number of unbranched alkanes of at least 4 members (excludes halogenated alkanes) is 2. The van der Waals surface area contributed by atoms with Crippen LogP contribution in [0.2, 0.25) is 0 Å². The zero-order valence-corrected chi connectivity index (χ0v) is 10.1. The molecule has 1 N–H and O–H groups in total. The van der Waals surface area contributed by atoms with Gasteiger partial charge in [0.1, 0.15) is 12.6 Å². The summed E-state index contributed by atoms with van der Waals surface area (Å²) in [6.45, 7) is 0. The van der Waals surface area contributed by atoms with Crippen molar-refractivity contribution in [3.8, 4) is 0 Å². The first-order valence-electron chi connectivity index (χ1n) is 3.85. The second kappa shape index (κ2) is 10.7. The van der Waals surface area contributed by atoms with Crippen LogP contribution in [0.4, 0.5) is 0 Å². The summed E-state index contributed by atoms with van der Waals surface area (Å²) >= 11 is -4.19. The molecule has 0 amide bonds. The van der Waals surface area contributed by atoms with Gasteiger partial charge in [0.25, 0.3) is 0 Å². The van der Waals surface area contributed by atoms with Gasteiger partial charge in [0.15, 0.2) is 0 Å². The molecule has 0 radical (unpaired) electrons. The standard InChI is InChI=1S/C5H8O2.C2H7AsO4/c6-4-2-1-3-5-7;1-6-3(4,5)7-2/h4-5H,1-3H2;1-2H3,(H,4,5). The smallest absolute Gasteiger partial charge is 0.120 e. The second-order valence-electron chi connectivity index (χ2n) is 2.10. The maximum Gasteiger partial charge on any atom is 0.120 e. The summed E-state index contributed by atoms with van der Waals surface area (Å²) in [5.74, 6) is 0. The van der Waals surface area contributed by atoms with Gasteiger partial charge in [-0.1, -0.05) is 0 Å². The first-order valence-corrected chi connectivity index (χ1v) is 6.99. The number of hydrogen-bond donors (Lipinski definition) is 1. The van der Waals surface area contributed by atoms with Crippen LogP contribution in [0.25, 0.3) is 0 Å². The summed E-state index contributed by atoms with van der Waals surface area (Å²) in [6, 6.07) is 0. The van der Waals surface area contributed by atoms with E-state index in [0.717, 1.165) is 26.8 Å². The first-order chi connectivity index (χ1) is 6.54. The third-order valence-electron chi connectivity index (χ3n) is 1.11. The van der Waals surface area contributed by atoms with Gasteiger partial charge in [0.05, 0.1) is 0 Å². The monoisotopic (exact) mass is 270 g/mol. The Kier molecular flexibility index (Phi) is 12.2. The Morgan fingerprint density at radius 2 is 1.50 bits per heavy atom. The van der Waals surface area contributed by atoms with Crippen molar-refractivity contribution in [1.82, 2.24) is 0 Å².